The van der Waals surface area contributed by atoms with E-state index in [1.54, 1.807) is 6.07 Å². The van der Waals surface area contributed by atoms with Gasteiger partial charge in [0.05, 0.1) is 11.6 Å². The predicted molar refractivity (Wildman–Crippen MR) is 82.6 cm³/mol. The molecule has 0 radical (unpaired) electrons. The van der Waals surface area contributed by atoms with E-state index < -0.39 is 10.8 Å². The van der Waals surface area contributed by atoms with Crippen molar-refractivity contribution in [1.82, 2.24) is 0 Å². The standard InChI is InChI=1S/C17H17NOS/c1-13-4-3-5-16(8-13)11-20(19)12-17-7-6-15(10-18)9-14(17)2/h3-9H,11-12H2,1-2H3. The highest BCUT2D eigenvalue weighted by Crippen LogP contribution is 2.15. The first-order valence-electron chi connectivity index (χ1n) is 6.48. The molecule has 0 aliphatic carbocycles. The molecule has 2 aromatic rings. The summed E-state index contributed by atoms with van der Waals surface area (Å²) in [7, 11) is -0.932. The van der Waals surface area contributed by atoms with Gasteiger partial charge in [-0.15, -0.1) is 0 Å². The second-order valence-corrected chi connectivity index (χ2v) is 6.43. The Morgan fingerprint density at radius 3 is 2.55 bits per heavy atom. The van der Waals surface area contributed by atoms with Crippen molar-refractivity contribution in [2.75, 3.05) is 0 Å². The van der Waals surface area contributed by atoms with Gasteiger partial charge in [-0.05, 0) is 42.7 Å². The molecule has 0 heterocycles. The fourth-order valence-corrected chi connectivity index (χ4v) is 3.46. The van der Waals surface area contributed by atoms with Crippen LogP contribution < -0.4 is 0 Å². The molecule has 3 heteroatoms. The molecule has 1 atom stereocenters. The Labute approximate surface area is 122 Å². The van der Waals surface area contributed by atoms with E-state index >= 15 is 0 Å². The molecule has 0 spiro atoms. The van der Waals surface area contributed by atoms with Gasteiger partial charge in [0.25, 0.3) is 0 Å². The van der Waals surface area contributed by atoms with Gasteiger partial charge in [-0.25, -0.2) is 0 Å². The van der Waals surface area contributed by atoms with Gasteiger partial charge >= 0.3 is 0 Å². The second-order valence-electron chi connectivity index (χ2n) is 4.97. The quantitative estimate of drug-likeness (QED) is 0.859. The number of hydrogen-bond donors (Lipinski definition) is 0. The van der Waals surface area contributed by atoms with Crippen LogP contribution in [0.3, 0.4) is 0 Å². The van der Waals surface area contributed by atoms with Crippen molar-refractivity contribution in [3.8, 4) is 6.07 Å². The highest BCUT2D eigenvalue weighted by molar-refractivity contribution is 7.83. The van der Waals surface area contributed by atoms with Crippen LogP contribution in [-0.2, 0) is 22.3 Å². The lowest BCUT2D eigenvalue weighted by atomic mass is 10.1. The molecule has 102 valence electrons. The largest absolute Gasteiger partial charge is 0.259 e. The van der Waals surface area contributed by atoms with Gasteiger partial charge in [0.2, 0.25) is 0 Å². The van der Waals surface area contributed by atoms with E-state index in [1.165, 1.54) is 5.56 Å². The van der Waals surface area contributed by atoms with Gasteiger partial charge in [-0.1, -0.05) is 35.9 Å². The van der Waals surface area contributed by atoms with Crippen LogP contribution in [0.15, 0.2) is 42.5 Å². The molecular weight excluding hydrogens is 266 g/mol. The van der Waals surface area contributed by atoms with Crippen molar-refractivity contribution in [3.05, 3.63) is 70.3 Å². The fourth-order valence-electron chi connectivity index (χ4n) is 2.14. The van der Waals surface area contributed by atoms with Crippen molar-refractivity contribution in [2.45, 2.75) is 25.4 Å². The molecule has 0 aliphatic rings. The van der Waals surface area contributed by atoms with Crippen LogP contribution in [0, 0.1) is 25.2 Å². The summed E-state index contributed by atoms with van der Waals surface area (Å²) in [4.78, 5) is 0. The van der Waals surface area contributed by atoms with Crippen molar-refractivity contribution in [3.63, 3.8) is 0 Å². The van der Waals surface area contributed by atoms with Gasteiger partial charge in [-0.2, -0.15) is 5.26 Å². The summed E-state index contributed by atoms with van der Waals surface area (Å²) in [6, 6.07) is 15.8. The van der Waals surface area contributed by atoms with E-state index in [-0.39, 0.29) is 0 Å². The van der Waals surface area contributed by atoms with E-state index in [0.717, 1.165) is 16.7 Å². The third kappa shape index (κ3) is 3.79. The zero-order valence-corrected chi connectivity index (χ0v) is 12.5. The monoisotopic (exact) mass is 283 g/mol. The zero-order valence-electron chi connectivity index (χ0n) is 11.7. The van der Waals surface area contributed by atoms with Crippen LogP contribution in [-0.4, -0.2) is 4.21 Å². The Morgan fingerprint density at radius 2 is 1.90 bits per heavy atom. The van der Waals surface area contributed by atoms with E-state index in [0.29, 0.717) is 17.1 Å². The molecule has 0 bridgehead atoms. The first kappa shape index (κ1) is 14.5. The van der Waals surface area contributed by atoms with Crippen molar-refractivity contribution in [1.29, 1.82) is 5.26 Å². The summed E-state index contributed by atoms with van der Waals surface area (Å²) in [5.41, 5.74) is 5.02. The molecule has 0 aromatic heterocycles. The summed E-state index contributed by atoms with van der Waals surface area (Å²) in [5, 5.41) is 8.85. The summed E-state index contributed by atoms with van der Waals surface area (Å²) >= 11 is 0. The molecule has 2 nitrogen and oxygen atoms in total. The highest BCUT2D eigenvalue weighted by atomic mass is 32.2. The minimum absolute atomic E-state index is 0.533. The molecule has 20 heavy (non-hydrogen) atoms. The molecular formula is C17H17NOS. The summed E-state index contributed by atoms with van der Waals surface area (Å²) in [6.45, 7) is 4.00. The van der Waals surface area contributed by atoms with Gasteiger partial charge in [0, 0.05) is 22.3 Å². The molecule has 2 aromatic carbocycles. The summed E-state index contributed by atoms with van der Waals surface area (Å²) in [6.07, 6.45) is 0. The maximum absolute atomic E-state index is 12.2. The van der Waals surface area contributed by atoms with Gasteiger partial charge in [0.1, 0.15) is 0 Å². The number of benzene rings is 2. The molecule has 1 unspecified atom stereocenters. The van der Waals surface area contributed by atoms with E-state index in [9.17, 15) is 4.21 Å². The van der Waals surface area contributed by atoms with Crippen LogP contribution in [0.5, 0.6) is 0 Å². The lowest BCUT2D eigenvalue weighted by Crippen LogP contribution is -2.01. The van der Waals surface area contributed by atoms with Crippen LogP contribution in [0.25, 0.3) is 0 Å². The minimum atomic E-state index is -0.932. The number of hydrogen-bond acceptors (Lipinski definition) is 2. The molecule has 0 fully saturated rings. The first-order chi connectivity index (χ1) is 9.58. The number of aryl methyl sites for hydroxylation is 2. The molecule has 0 amide bonds. The Hall–Kier alpha value is -1.92. The van der Waals surface area contributed by atoms with E-state index in [4.69, 9.17) is 5.26 Å². The van der Waals surface area contributed by atoms with Crippen LogP contribution in [0.1, 0.15) is 27.8 Å². The smallest absolute Gasteiger partial charge is 0.0991 e. The molecule has 2 rings (SSSR count). The maximum Gasteiger partial charge on any atom is 0.0991 e. The topological polar surface area (TPSA) is 40.9 Å². The number of nitriles is 1. The maximum atomic E-state index is 12.2. The number of nitrogens with zero attached hydrogens (tertiary/aromatic N) is 1. The molecule has 0 aliphatic heterocycles. The number of rotatable bonds is 4. The van der Waals surface area contributed by atoms with Crippen LogP contribution >= 0.6 is 0 Å². The molecule has 0 saturated heterocycles. The summed E-state index contributed by atoms with van der Waals surface area (Å²) < 4.78 is 12.2. The fraction of sp³-hybridized carbons (Fsp3) is 0.235. The van der Waals surface area contributed by atoms with E-state index in [1.807, 2.05) is 44.2 Å². The SMILES string of the molecule is Cc1cccc(CS(=O)Cc2ccc(C#N)cc2C)c1. The normalized spacial score (nSPS) is 11.8. The second kappa shape index (κ2) is 6.49. The Bertz CT molecular complexity index is 686. The molecule has 0 saturated carbocycles. The minimum Gasteiger partial charge on any atom is -0.259 e. The lowest BCUT2D eigenvalue weighted by Gasteiger charge is -2.07. The average molecular weight is 283 g/mol. The Kier molecular flexibility index (Phi) is 4.70. The van der Waals surface area contributed by atoms with Crippen LogP contribution in [0.2, 0.25) is 0 Å². The zero-order chi connectivity index (χ0) is 14.5. The highest BCUT2D eigenvalue weighted by Gasteiger charge is 2.07. The third-order valence-electron chi connectivity index (χ3n) is 3.20. The van der Waals surface area contributed by atoms with E-state index in [2.05, 4.69) is 12.1 Å². The summed E-state index contributed by atoms with van der Waals surface area (Å²) in [5.74, 6) is 1.10. The first-order valence-corrected chi connectivity index (χ1v) is 7.97. The Morgan fingerprint density at radius 1 is 1.10 bits per heavy atom. The molecule has 0 N–H and O–H groups in total. The average Bonchev–Trinajstić information content (AvgIpc) is 2.41. The van der Waals surface area contributed by atoms with Crippen molar-refractivity contribution < 1.29 is 4.21 Å². The predicted octanol–water partition coefficient (Wildman–Crippen LogP) is 3.62. The van der Waals surface area contributed by atoms with Crippen molar-refractivity contribution in [2.24, 2.45) is 0 Å². The van der Waals surface area contributed by atoms with Crippen molar-refractivity contribution >= 4 is 10.8 Å². The van der Waals surface area contributed by atoms with Crippen LogP contribution in [0.4, 0.5) is 0 Å². The Balaban J connectivity index is 2.07. The van der Waals surface area contributed by atoms with Gasteiger partial charge in [0.15, 0.2) is 0 Å². The lowest BCUT2D eigenvalue weighted by molar-refractivity contribution is 0.682. The third-order valence-corrected chi connectivity index (χ3v) is 4.49. The van der Waals surface area contributed by atoms with Gasteiger partial charge in [-0.3, -0.25) is 4.21 Å². The van der Waals surface area contributed by atoms with Gasteiger partial charge < -0.3 is 0 Å².